The van der Waals surface area contributed by atoms with E-state index in [0.29, 0.717) is 5.41 Å². The molecule has 0 bridgehead atoms. The van der Waals surface area contributed by atoms with Gasteiger partial charge < -0.3 is 10.6 Å². The maximum Gasteiger partial charge on any atom is 0.253 e. The van der Waals surface area contributed by atoms with Gasteiger partial charge in [0.2, 0.25) is 0 Å². The van der Waals surface area contributed by atoms with E-state index in [1.54, 1.807) is 0 Å². The van der Waals surface area contributed by atoms with E-state index in [1.807, 2.05) is 31.2 Å². The van der Waals surface area contributed by atoms with Crippen LogP contribution in [0.2, 0.25) is 0 Å². The number of para-hydroxylation sites is 1. The molecular weight excluding hydrogens is 224 g/mol. The van der Waals surface area contributed by atoms with E-state index < -0.39 is 0 Å². The Bertz CT molecular complexity index is 424. The van der Waals surface area contributed by atoms with Crippen molar-refractivity contribution in [2.75, 3.05) is 18.4 Å². The Labute approximate surface area is 109 Å². The quantitative estimate of drug-likeness (QED) is 0.810. The van der Waals surface area contributed by atoms with E-state index in [-0.39, 0.29) is 5.91 Å². The van der Waals surface area contributed by atoms with E-state index in [1.165, 1.54) is 12.8 Å². The Hall–Kier alpha value is -1.51. The van der Waals surface area contributed by atoms with Gasteiger partial charge in [0.05, 0.1) is 5.56 Å². The third-order valence-electron chi connectivity index (χ3n) is 3.87. The Balaban J connectivity index is 2.00. The third kappa shape index (κ3) is 2.84. The third-order valence-corrected chi connectivity index (χ3v) is 3.87. The van der Waals surface area contributed by atoms with Crippen molar-refractivity contribution in [3.63, 3.8) is 0 Å². The Morgan fingerprint density at radius 2 is 2.00 bits per heavy atom. The Kier molecular flexibility index (Phi) is 3.90. The first kappa shape index (κ1) is 12.9. The van der Waals surface area contributed by atoms with Gasteiger partial charge in [0, 0.05) is 18.8 Å². The summed E-state index contributed by atoms with van der Waals surface area (Å²) < 4.78 is 0. The van der Waals surface area contributed by atoms with E-state index >= 15 is 0 Å². The first-order valence-electron chi connectivity index (χ1n) is 6.82. The second-order valence-corrected chi connectivity index (χ2v) is 5.11. The highest BCUT2D eigenvalue weighted by molar-refractivity contribution is 5.99. The molecule has 18 heavy (non-hydrogen) atoms. The summed E-state index contributed by atoms with van der Waals surface area (Å²) in [7, 11) is 0. The summed E-state index contributed by atoms with van der Waals surface area (Å²) in [6.07, 6.45) is 3.65. The van der Waals surface area contributed by atoms with Crippen molar-refractivity contribution in [1.29, 1.82) is 0 Å². The van der Waals surface area contributed by atoms with Gasteiger partial charge in [0.15, 0.2) is 0 Å². The van der Waals surface area contributed by atoms with E-state index in [0.717, 1.165) is 30.8 Å². The lowest BCUT2D eigenvalue weighted by Gasteiger charge is -2.15. The average Bonchev–Trinajstić information content (AvgIpc) is 3.18. The molecule has 0 unspecified atom stereocenters. The molecule has 0 aromatic heterocycles. The van der Waals surface area contributed by atoms with Gasteiger partial charge in [0.25, 0.3) is 5.91 Å². The van der Waals surface area contributed by atoms with E-state index in [2.05, 4.69) is 17.6 Å². The van der Waals surface area contributed by atoms with Gasteiger partial charge in [-0.05, 0) is 43.7 Å². The molecule has 1 aliphatic carbocycles. The minimum Gasteiger partial charge on any atom is -0.385 e. The molecule has 1 aromatic carbocycles. The summed E-state index contributed by atoms with van der Waals surface area (Å²) in [5, 5.41) is 6.30. The van der Waals surface area contributed by atoms with Crippen LogP contribution in [0.25, 0.3) is 0 Å². The molecule has 0 radical (unpaired) electrons. The minimum atomic E-state index is 0.0336. The van der Waals surface area contributed by atoms with Crippen LogP contribution in [0, 0.1) is 5.41 Å². The Morgan fingerprint density at radius 1 is 1.28 bits per heavy atom. The molecule has 98 valence electrons. The van der Waals surface area contributed by atoms with Crippen molar-refractivity contribution in [2.45, 2.75) is 33.1 Å². The molecule has 2 rings (SSSR count). The summed E-state index contributed by atoms with van der Waals surface area (Å²) in [5.41, 5.74) is 2.05. The van der Waals surface area contributed by atoms with Gasteiger partial charge in [-0.3, -0.25) is 4.79 Å². The van der Waals surface area contributed by atoms with E-state index in [9.17, 15) is 4.79 Å². The first-order chi connectivity index (χ1) is 8.71. The fourth-order valence-corrected chi connectivity index (χ4v) is 2.22. The summed E-state index contributed by atoms with van der Waals surface area (Å²) in [6.45, 7) is 5.86. The second kappa shape index (κ2) is 5.42. The predicted molar refractivity (Wildman–Crippen MR) is 74.9 cm³/mol. The zero-order valence-corrected chi connectivity index (χ0v) is 11.3. The minimum absolute atomic E-state index is 0.0336. The topological polar surface area (TPSA) is 41.1 Å². The second-order valence-electron chi connectivity index (χ2n) is 5.11. The molecule has 0 atom stereocenters. The van der Waals surface area contributed by atoms with Crippen LogP contribution in [0.5, 0.6) is 0 Å². The van der Waals surface area contributed by atoms with Gasteiger partial charge in [-0.25, -0.2) is 0 Å². The number of benzene rings is 1. The summed E-state index contributed by atoms with van der Waals surface area (Å²) >= 11 is 0. The summed E-state index contributed by atoms with van der Waals surface area (Å²) in [6, 6.07) is 7.68. The fourth-order valence-electron chi connectivity index (χ4n) is 2.22. The molecule has 2 N–H and O–H groups in total. The summed E-state index contributed by atoms with van der Waals surface area (Å²) in [5.74, 6) is 0.0336. The number of carbonyl (C=O) groups excluding carboxylic acids is 1. The Morgan fingerprint density at radius 3 is 2.61 bits per heavy atom. The van der Waals surface area contributed by atoms with Crippen LogP contribution < -0.4 is 10.6 Å². The van der Waals surface area contributed by atoms with Crippen LogP contribution in [-0.2, 0) is 0 Å². The highest BCUT2D eigenvalue weighted by Crippen LogP contribution is 2.47. The lowest BCUT2D eigenvalue weighted by Crippen LogP contribution is -2.30. The van der Waals surface area contributed by atoms with Crippen LogP contribution in [-0.4, -0.2) is 19.0 Å². The monoisotopic (exact) mass is 246 g/mol. The average molecular weight is 246 g/mol. The lowest BCUT2D eigenvalue weighted by molar-refractivity contribution is 0.0945. The smallest absolute Gasteiger partial charge is 0.253 e. The molecule has 1 aromatic rings. The van der Waals surface area contributed by atoms with Crippen molar-refractivity contribution in [3.8, 4) is 0 Å². The molecule has 3 nitrogen and oxygen atoms in total. The number of nitrogens with one attached hydrogen (secondary N) is 2. The molecule has 0 spiro atoms. The highest BCUT2D eigenvalue weighted by atomic mass is 16.1. The number of hydrogen-bond donors (Lipinski definition) is 2. The zero-order chi connectivity index (χ0) is 13.0. The predicted octanol–water partition coefficient (Wildman–Crippen LogP) is 3.04. The van der Waals surface area contributed by atoms with Crippen LogP contribution in [0.4, 0.5) is 5.69 Å². The SMILES string of the molecule is CCNc1ccccc1C(=O)NCC1(CC)CC1. The number of anilines is 1. The molecule has 1 amide bonds. The van der Waals surface area contributed by atoms with Crippen LogP contribution in [0.3, 0.4) is 0 Å². The van der Waals surface area contributed by atoms with Gasteiger partial charge >= 0.3 is 0 Å². The van der Waals surface area contributed by atoms with Crippen LogP contribution >= 0.6 is 0 Å². The van der Waals surface area contributed by atoms with Gasteiger partial charge in [-0.1, -0.05) is 19.1 Å². The van der Waals surface area contributed by atoms with Crippen molar-refractivity contribution in [2.24, 2.45) is 5.41 Å². The van der Waals surface area contributed by atoms with Crippen molar-refractivity contribution >= 4 is 11.6 Å². The zero-order valence-electron chi connectivity index (χ0n) is 11.3. The molecule has 3 heteroatoms. The first-order valence-corrected chi connectivity index (χ1v) is 6.82. The number of amides is 1. The normalized spacial score (nSPS) is 16.1. The molecule has 0 saturated heterocycles. The number of hydrogen-bond acceptors (Lipinski definition) is 2. The van der Waals surface area contributed by atoms with Crippen LogP contribution in [0.1, 0.15) is 43.5 Å². The maximum atomic E-state index is 12.2. The standard InChI is InChI=1S/C15H22N2O/c1-3-15(9-10-15)11-17-14(18)12-7-5-6-8-13(12)16-4-2/h5-8,16H,3-4,9-11H2,1-2H3,(H,17,18). The molecule has 0 aliphatic heterocycles. The molecular formula is C15H22N2O. The van der Waals surface area contributed by atoms with Crippen molar-refractivity contribution in [3.05, 3.63) is 29.8 Å². The molecule has 0 heterocycles. The highest BCUT2D eigenvalue weighted by Gasteiger charge is 2.40. The largest absolute Gasteiger partial charge is 0.385 e. The van der Waals surface area contributed by atoms with Gasteiger partial charge in [-0.2, -0.15) is 0 Å². The lowest BCUT2D eigenvalue weighted by atomic mass is 10.0. The van der Waals surface area contributed by atoms with Crippen molar-refractivity contribution in [1.82, 2.24) is 5.32 Å². The maximum absolute atomic E-state index is 12.2. The van der Waals surface area contributed by atoms with Gasteiger partial charge in [0.1, 0.15) is 0 Å². The molecule has 1 fully saturated rings. The van der Waals surface area contributed by atoms with Gasteiger partial charge in [-0.15, -0.1) is 0 Å². The molecule has 1 aliphatic rings. The van der Waals surface area contributed by atoms with E-state index in [4.69, 9.17) is 0 Å². The number of rotatable bonds is 6. The summed E-state index contributed by atoms with van der Waals surface area (Å²) in [4.78, 5) is 12.2. The fraction of sp³-hybridized carbons (Fsp3) is 0.533. The number of carbonyl (C=O) groups is 1. The van der Waals surface area contributed by atoms with Crippen molar-refractivity contribution < 1.29 is 4.79 Å². The van der Waals surface area contributed by atoms with Crippen LogP contribution in [0.15, 0.2) is 24.3 Å². The molecule has 1 saturated carbocycles.